The second-order valence-electron chi connectivity index (χ2n) is 12.8. The Bertz CT molecular complexity index is 617. The summed E-state index contributed by atoms with van der Waals surface area (Å²) in [5.74, 6) is 8.09. The van der Waals surface area contributed by atoms with E-state index in [9.17, 15) is 5.11 Å². The summed E-state index contributed by atoms with van der Waals surface area (Å²) in [4.78, 5) is 0. The summed E-state index contributed by atoms with van der Waals surface area (Å²) in [5.41, 5.74) is 0. The van der Waals surface area contributed by atoms with Crippen molar-refractivity contribution in [1.29, 1.82) is 0 Å². The molecule has 1 N–H and O–H groups in total. The number of hydrogen-bond acceptors (Lipinski definition) is 3. The van der Waals surface area contributed by atoms with Crippen LogP contribution < -0.4 is 0 Å². The molecule has 6 atom stereocenters. The molecule has 208 valence electrons. The van der Waals surface area contributed by atoms with Crippen molar-refractivity contribution in [2.45, 2.75) is 163 Å². The number of aliphatic hydroxyl groups is 1. The molecular weight excluding hydrogens is 464 g/mol. The Labute approximate surface area is 222 Å². The lowest BCUT2D eigenvalue weighted by Crippen LogP contribution is -2.44. The van der Waals surface area contributed by atoms with Crippen molar-refractivity contribution in [3.05, 3.63) is 0 Å². The fourth-order valence-corrected chi connectivity index (χ4v) is 8.86. The smallest absolute Gasteiger partial charge is 0.193 e. The molecule has 5 heteroatoms. The Balaban J connectivity index is 5.19. The van der Waals surface area contributed by atoms with Crippen LogP contribution in [-0.4, -0.2) is 40.1 Å². The summed E-state index contributed by atoms with van der Waals surface area (Å²) in [6.45, 7) is 29.4. The molecule has 0 radical (unpaired) electrons. The van der Waals surface area contributed by atoms with E-state index in [2.05, 4.69) is 94.2 Å². The summed E-state index contributed by atoms with van der Waals surface area (Å²) >= 11 is 0. The van der Waals surface area contributed by atoms with E-state index in [-0.39, 0.29) is 29.3 Å². The van der Waals surface area contributed by atoms with Gasteiger partial charge in [-0.3, -0.25) is 0 Å². The molecule has 0 aliphatic rings. The summed E-state index contributed by atoms with van der Waals surface area (Å²) in [6.07, 6.45) is 5.10. The summed E-state index contributed by atoms with van der Waals surface area (Å²) < 4.78 is 13.6. The van der Waals surface area contributed by atoms with E-state index >= 15 is 0 Å². The van der Waals surface area contributed by atoms with Crippen molar-refractivity contribution >= 4 is 16.6 Å². The van der Waals surface area contributed by atoms with E-state index in [1.165, 1.54) is 6.42 Å². The van der Waals surface area contributed by atoms with E-state index in [0.29, 0.717) is 11.8 Å². The maximum atomic E-state index is 10.3. The molecule has 0 saturated heterocycles. The molecule has 0 saturated carbocycles. The minimum atomic E-state index is -1.85. The summed E-state index contributed by atoms with van der Waals surface area (Å²) in [6, 6.07) is 3.47. The second kappa shape index (κ2) is 16.0. The highest BCUT2D eigenvalue weighted by Gasteiger charge is 2.39. The zero-order chi connectivity index (χ0) is 27.4. The standard InChI is InChI=1S/C30H62O3Si2/c1-14-18-19-28(32-34(12,13)30(9,10)11)23-25(6)22-24(5)20-21-29(26(7)27(8)31)33-35(15-2,16-3)17-4/h24-29,31H,14-17,20-23H2,1-13H3/t24-,25+,26+,27?,28?,29-/m0/s1. The number of hydrogen-bond donors (Lipinski definition) is 1. The van der Waals surface area contributed by atoms with E-state index in [1.807, 2.05) is 6.92 Å². The first-order valence-corrected chi connectivity index (χ1v) is 20.0. The van der Waals surface area contributed by atoms with E-state index in [4.69, 9.17) is 8.85 Å². The fourth-order valence-electron chi connectivity index (χ4n) is 4.66. The van der Waals surface area contributed by atoms with Gasteiger partial charge in [0.2, 0.25) is 0 Å². The third kappa shape index (κ3) is 12.3. The van der Waals surface area contributed by atoms with Gasteiger partial charge >= 0.3 is 0 Å². The first kappa shape index (κ1) is 34.9. The van der Waals surface area contributed by atoms with Gasteiger partial charge in [0.05, 0.1) is 12.2 Å². The molecular formula is C30H62O3Si2. The molecule has 0 aliphatic heterocycles. The SMILES string of the molecule is CCC#CC(C[C@H](C)C[C@@H](C)CC[C@H](O[Si](CC)(CC)CC)[C@H](C)C(C)O)O[Si](C)(C)C(C)(C)C. The zero-order valence-corrected chi connectivity index (χ0v) is 27.9. The van der Waals surface area contributed by atoms with Gasteiger partial charge in [-0.05, 0) is 80.7 Å². The van der Waals surface area contributed by atoms with Gasteiger partial charge < -0.3 is 14.0 Å². The van der Waals surface area contributed by atoms with Crippen LogP contribution in [0.4, 0.5) is 0 Å². The Kier molecular flexibility index (Phi) is 15.9. The maximum absolute atomic E-state index is 10.3. The van der Waals surface area contributed by atoms with Gasteiger partial charge in [0.25, 0.3) is 0 Å². The van der Waals surface area contributed by atoms with Gasteiger partial charge in [-0.25, -0.2) is 0 Å². The lowest BCUT2D eigenvalue weighted by molar-refractivity contribution is 0.0315. The van der Waals surface area contributed by atoms with E-state index in [1.54, 1.807) is 0 Å². The monoisotopic (exact) mass is 526 g/mol. The van der Waals surface area contributed by atoms with Crippen molar-refractivity contribution < 1.29 is 14.0 Å². The van der Waals surface area contributed by atoms with Crippen molar-refractivity contribution in [3.8, 4) is 11.8 Å². The van der Waals surface area contributed by atoms with Crippen LogP contribution in [0.1, 0.15) is 108 Å². The highest BCUT2D eigenvalue weighted by molar-refractivity contribution is 6.74. The topological polar surface area (TPSA) is 38.7 Å². The first-order chi connectivity index (χ1) is 16.1. The Morgan fingerprint density at radius 2 is 1.34 bits per heavy atom. The third-order valence-electron chi connectivity index (χ3n) is 8.73. The molecule has 0 amide bonds. The molecule has 0 aromatic rings. The van der Waals surface area contributed by atoms with Crippen LogP contribution in [0.5, 0.6) is 0 Å². The molecule has 0 aromatic heterocycles. The quantitative estimate of drug-likeness (QED) is 0.161. The maximum Gasteiger partial charge on any atom is 0.193 e. The van der Waals surface area contributed by atoms with E-state index < -0.39 is 16.6 Å². The summed E-state index contributed by atoms with van der Waals surface area (Å²) in [5, 5.41) is 10.5. The van der Waals surface area contributed by atoms with Crippen LogP contribution in [0.3, 0.4) is 0 Å². The van der Waals surface area contributed by atoms with Crippen LogP contribution in [0.2, 0.25) is 36.3 Å². The summed E-state index contributed by atoms with van der Waals surface area (Å²) in [7, 11) is -3.56. The fraction of sp³-hybridized carbons (Fsp3) is 0.933. The molecule has 0 aliphatic carbocycles. The molecule has 0 bridgehead atoms. The van der Waals surface area contributed by atoms with Gasteiger partial charge in [-0.15, -0.1) is 5.92 Å². The molecule has 0 spiro atoms. The minimum absolute atomic E-state index is 0.0367. The van der Waals surface area contributed by atoms with Gasteiger partial charge in [-0.2, -0.15) is 0 Å². The molecule has 35 heavy (non-hydrogen) atoms. The predicted octanol–water partition coefficient (Wildman–Crippen LogP) is 9.03. The normalized spacial score (nSPS) is 18.2. The lowest BCUT2D eigenvalue weighted by Gasteiger charge is -2.39. The van der Waals surface area contributed by atoms with E-state index in [0.717, 1.165) is 43.8 Å². The van der Waals surface area contributed by atoms with Gasteiger partial charge in [-0.1, -0.05) is 75.2 Å². The van der Waals surface area contributed by atoms with Gasteiger partial charge in [0, 0.05) is 12.3 Å². The first-order valence-electron chi connectivity index (χ1n) is 14.6. The predicted molar refractivity (Wildman–Crippen MR) is 160 cm³/mol. The Hall–Kier alpha value is -0.126. The highest BCUT2D eigenvalue weighted by Crippen LogP contribution is 2.38. The molecule has 0 aromatic carbocycles. The Morgan fingerprint density at radius 1 is 0.800 bits per heavy atom. The lowest BCUT2D eigenvalue weighted by atomic mass is 9.87. The molecule has 3 nitrogen and oxygen atoms in total. The van der Waals surface area contributed by atoms with Crippen molar-refractivity contribution in [3.63, 3.8) is 0 Å². The van der Waals surface area contributed by atoms with Gasteiger partial charge in [0.15, 0.2) is 16.6 Å². The average Bonchev–Trinajstić information content (AvgIpc) is 2.76. The van der Waals surface area contributed by atoms with Crippen LogP contribution in [0.25, 0.3) is 0 Å². The number of aliphatic hydroxyl groups excluding tert-OH is 1. The number of rotatable bonds is 16. The second-order valence-corrected chi connectivity index (χ2v) is 22.3. The molecule has 0 heterocycles. The van der Waals surface area contributed by atoms with Crippen LogP contribution in [0.15, 0.2) is 0 Å². The third-order valence-corrected chi connectivity index (χ3v) is 17.9. The average molecular weight is 527 g/mol. The zero-order valence-electron chi connectivity index (χ0n) is 25.9. The van der Waals surface area contributed by atoms with Crippen molar-refractivity contribution in [1.82, 2.24) is 0 Å². The van der Waals surface area contributed by atoms with Crippen molar-refractivity contribution in [2.24, 2.45) is 17.8 Å². The van der Waals surface area contributed by atoms with Gasteiger partial charge in [0.1, 0.15) is 6.10 Å². The molecule has 0 rings (SSSR count). The molecule has 2 unspecified atom stereocenters. The highest BCUT2D eigenvalue weighted by atomic mass is 28.4. The molecule has 0 fully saturated rings. The largest absolute Gasteiger partial charge is 0.414 e. The van der Waals surface area contributed by atoms with Crippen molar-refractivity contribution in [2.75, 3.05) is 0 Å². The van der Waals surface area contributed by atoms with Crippen LogP contribution in [0, 0.1) is 29.6 Å². The Morgan fingerprint density at radius 3 is 1.77 bits per heavy atom. The van der Waals surface area contributed by atoms with Crippen LogP contribution in [-0.2, 0) is 8.85 Å². The van der Waals surface area contributed by atoms with Crippen LogP contribution >= 0.6 is 0 Å². The minimum Gasteiger partial charge on any atom is -0.414 e.